The molecule has 0 spiro atoms. The van der Waals surface area contributed by atoms with E-state index in [-0.39, 0.29) is 0 Å². The molecule has 1 N–H and O–H groups in total. The van der Waals surface area contributed by atoms with Gasteiger partial charge in [-0.2, -0.15) is 0 Å². The van der Waals surface area contributed by atoms with Gasteiger partial charge in [0.25, 0.3) is 0 Å². The van der Waals surface area contributed by atoms with Gasteiger partial charge in [-0.1, -0.05) is 19.8 Å². The fourth-order valence-corrected chi connectivity index (χ4v) is 1.66. The highest BCUT2D eigenvalue weighted by Gasteiger charge is 1.98. The summed E-state index contributed by atoms with van der Waals surface area (Å²) >= 11 is 0. The summed E-state index contributed by atoms with van der Waals surface area (Å²) in [6, 6.07) is 0. The van der Waals surface area contributed by atoms with Crippen LogP contribution in [0.15, 0.2) is 0 Å². The average Bonchev–Trinajstić information content (AvgIpc) is 2.22. The Kier molecular flexibility index (Phi) is 11.3. The third kappa shape index (κ3) is 12.0. The molecule has 0 bridgehead atoms. The smallest absolute Gasteiger partial charge is 0.0104 e. The van der Waals surface area contributed by atoms with E-state index in [1.807, 2.05) is 0 Å². The summed E-state index contributed by atoms with van der Waals surface area (Å²) in [5.41, 5.74) is 0. The van der Waals surface area contributed by atoms with E-state index in [0.29, 0.717) is 0 Å². The van der Waals surface area contributed by atoms with E-state index in [2.05, 4.69) is 43.2 Å². The van der Waals surface area contributed by atoms with Gasteiger partial charge in [-0.25, -0.2) is 0 Å². The van der Waals surface area contributed by atoms with Gasteiger partial charge in [0.2, 0.25) is 0 Å². The van der Waals surface area contributed by atoms with Crippen LogP contribution in [0.4, 0.5) is 0 Å². The molecule has 0 saturated heterocycles. The Hall–Kier alpha value is -0.120. The first-order chi connectivity index (χ1) is 7.66. The van der Waals surface area contributed by atoms with Crippen molar-refractivity contribution in [1.82, 2.24) is 15.1 Å². The van der Waals surface area contributed by atoms with Gasteiger partial charge in [0.1, 0.15) is 0 Å². The van der Waals surface area contributed by atoms with Gasteiger partial charge < -0.3 is 15.1 Å². The summed E-state index contributed by atoms with van der Waals surface area (Å²) in [5, 5.41) is 3.50. The van der Waals surface area contributed by atoms with Crippen molar-refractivity contribution in [3.63, 3.8) is 0 Å². The van der Waals surface area contributed by atoms with Crippen LogP contribution in [0.2, 0.25) is 0 Å². The third-order valence-electron chi connectivity index (χ3n) is 2.77. The van der Waals surface area contributed by atoms with Crippen molar-refractivity contribution >= 4 is 0 Å². The molecule has 0 aliphatic carbocycles. The normalized spacial score (nSPS) is 11.6. The zero-order valence-electron chi connectivity index (χ0n) is 11.8. The molecule has 0 aromatic rings. The van der Waals surface area contributed by atoms with Gasteiger partial charge in [-0.3, -0.25) is 0 Å². The lowest BCUT2D eigenvalue weighted by Gasteiger charge is -2.18. The fraction of sp³-hybridized carbons (Fsp3) is 1.00. The van der Waals surface area contributed by atoms with Crippen LogP contribution in [0.5, 0.6) is 0 Å². The summed E-state index contributed by atoms with van der Waals surface area (Å²) in [5.74, 6) is 0. The molecule has 0 aliphatic rings. The number of nitrogens with one attached hydrogen (secondary N) is 1. The molecule has 0 saturated carbocycles. The average molecular weight is 229 g/mol. The van der Waals surface area contributed by atoms with E-state index >= 15 is 0 Å². The first-order valence-corrected chi connectivity index (χ1v) is 6.70. The molecule has 0 aromatic heterocycles. The molecule has 0 amide bonds. The van der Waals surface area contributed by atoms with Crippen LogP contribution in [0.1, 0.15) is 32.6 Å². The molecular weight excluding hydrogens is 198 g/mol. The highest BCUT2D eigenvalue weighted by atomic mass is 15.1. The maximum absolute atomic E-state index is 3.50. The first-order valence-electron chi connectivity index (χ1n) is 6.70. The molecule has 16 heavy (non-hydrogen) atoms. The lowest BCUT2D eigenvalue weighted by Crippen LogP contribution is -2.31. The largest absolute Gasteiger partial charge is 0.315 e. The van der Waals surface area contributed by atoms with Crippen LogP contribution in [-0.4, -0.2) is 63.7 Å². The Balaban J connectivity index is 3.14. The lowest BCUT2D eigenvalue weighted by atomic mass is 10.2. The quantitative estimate of drug-likeness (QED) is 0.544. The van der Waals surface area contributed by atoms with Crippen molar-refractivity contribution < 1.29 is 0 Å². The summed E-state index contributed by atoms with van der Waals surface area (Å²) in [7, 11) is 6.48. The number of hydrogen-bond donors (Lipinski definition) is 1. The first kappa shape index (κ1) is 15.9. The number of rotatable bonds is 11. The maximum atomic E-state index is 3.50. The molecule has 98 valence electrons. The number of likely N-dealkylation sites (N-methyl/N-ethyl adjacent to an activating group) is 1. The fourth-order valence-electron chi connectivity index (χ4n) is 1.66. The predicted molar refractivity (Wildman–Crippen MR) is 73.1 cm³/mol. The number of hydrogen-bond acceptors (Lipinski definition) is 3. The molecule has 0 rings (SSSR count). The standard InChI is InChI=1S/C13H31N3/c1-5-6-7-9-14-10-13-16(4)12-8-11-15(2)3/h14H,5-13H2,1-4H3. The Bertz CT molecular complexity index is 137. The highest BCUT2D eigenvalue weighted by molar-refractivity contribution is 4.56. The molecular formula is C13H31N3. The van der Waals surface area contributed by atoms with E-state index in [4.69, 9.17) is 0 Å². The van der Waals surface area contributed by atoms with Crippen LogP contribution in [0.3, 0.4) is 0 Å². The second-order valence-electron chi connectivity index (χ2n) is 4.92. The third-order valence-corrected chi connectivity index (χ3v) is 2.77. The molecule has 0 atom stereocenters. The molecule has 0 aromatic carbocycles. The van der Waals surface area contributed by atoms with Crippen LogP contribution < -0.4 is 5.32 Å². The van der Waals surface area contributed by atoms with Gasteiger partial charge in [0.15, 0.2) is 0 Å². The maximum Gasteiger partial charge on any atom is 0.0104 e. The van der Waals surface area contributed by atoms with Crippen molar-refractivity contribution in [1.29, 1.82) is 0 Å². The van der Waals surface area contributed by atoms with Crippen LogP contribution in [0.25, 0.3) is 0 Å². The van der Waals surface area contributed by atoms with E-state index in [0.717, 1.165) is 6.54 Å². The van der Waals surface area contributed by atoms with Crippen molar-refractivity contribution in [2.45, 2.75) is 32.6 Å². The molecule has 0 heterocycles. The van der Waals surface area contributed by atoms with E-state index < -0.39 is 0 Å². The summed E-state index contributed by atoms with van der Waals surface area (Å²) in [6.07, 6.45) is 5.25. The van der Waals surface area contributed by atoms with Crippen molar-refractivity contribution in [2.24, 2.45) is 0 Å². The molecule has 3 heteroatoms. The Morgan fingerprint density at radius 2 is 1.56 bits per heavy atom. The van der Waals surface area contributed by atoms with E-state index in [9.17, 15) is 0 Å². The molecule has 3 nitrogen and oxygen atoms in total. The minimum Gasteiger partial charge on any atom is -0.315 e. The Morgan fingerprint density at radius 3 is 2.19 bits per heavy atom. The highest BCUT2D eigenvalue weighted by Crippen LogP contribution is 1.91. The van der Waals surface area contributed by atoms with Crippen LogP contribution in [-0.2, 0) is 0 Å². The lowest BCUT2D eigenvalue weighted by molar-refractivity contribution is 0.299. The van der Waals surface area contributed by atoms with Gasteiger partial charge in [0, 0.05) is 13.1 Å². The molecule has 0 radical (unpaired) electrons. The molecule has 0 aliphatic heterocycles. The van der Waals surface area contributed by atoms with Crippen molar-refractivity contribution in [3.8, 4) is 0 Å². The summed E-state index contributed by atoms with van der Waals surface area (Å²) in [6.45, 7) is 8.11. The van der Waals surface area contributed by atoms with Gasteiger partial charge in [0.05, 0.1) is 0 Å². The van der Waals surface area contributed by atoms with Crippen molar-refractivity contribution in [3.05, 3.63) is 0 Å². The summed E-state index contributed by atoms with van der Waals surface area (Å²) < 4.78 is 0. The second kappa shape index (κ2) is 11.4. The SMILES string of the molecule is CCCCCNCCN(C)CCCN(C)C. The van der Waals surface area contributed by atoms with E-state index in [1.165, 1.54) is 51.9 Å². The molecule has 0 fully saturated rings. The van der Waals surface area contributed by atoms with Gasteiger partial charge in [-0.15, -0.1) is 0 Å². The molecule has 0 unspecified atom stereocenters. The predicted octanol–water partition coefficient (Wildman–Crippen LogP) is 1.65. The van der Waals surface area contributed by atoms with Gasteiger partial charge >= 0.3 is 0 Å². The second-order valence-corrected chi connectivity index (χ2v) is 4.92. The number of unbranched alkanes of at least 4 members (excludes halogenated alkanes) is 2. The monoisotopic (exact) mass is 229 g/mol. The number of nitrogens with zero attached hydrogens (tertiary/aromatic N) is 2. The minimum atomic E-state index is 1.13. The topological polar surface area (TPSA) is 18.5 Å². The Morgan fingerprint density at radius 1 is 0.812 bits per heavy atom. The zero-order chi connectivity index (χ0) is 12.2. The van der Waals surface area contributed by atoms with Crippen LogP contribution >= 0.6 is 0 Å². The van der Waals surface area contributed by atoms with Crippen molar-refractivity contribution in [2.75, 3.05) is 53.9 Å². The van der Waals surface area contributed by atoms with E-state index in [1.54, 1.807) is 0 Å². The van der Waals surface area contributed by atoms with Gasteiger partial charge in [-0.05, 0) is 53.6 Å². The minimum absolute atomic E-state index is 1.13. The summed E-state index contributed by atoms with van der Waals surface area (Å²) in [4.78, 5) is 4.66. The Labute approximate surface area is 102 Å². The van der Waals surface area contributed by atoms with Crippen LogP contribution in [0, 0.1) is 0 Å². The zero-order valence-corrected chi connectivity index (χ0v) is 11.8.